The van der Waals surface area contributed by atoms with Gasteiger partial charge in [0.25, 0.3) is 5.69 Å². The van der Waals surface area contributed by atoms with Crippen LogP contribution in [0.2, 0.25) is 0 Å². The summed E-state index contributed by atoms with van der Waals surface area (Å²) in [6, 6.07) is 3.21. The van der Waals surface area contributed by atoms with Crippen LogP contribution >= 0.6 is 0 Å². The fraction of sp³-hybridized carbons (Fsp3) is 0.625. The molecule has 24 heavy (non-hydrogen) atoms. The van der Waals surface area contributed by atoms with Gasteiger partial charge < -0.3 is 15.0 Å². The Morgan fingerprint density at radius 1 is 1.46 bits per heavy atom. The van der Waals surface area contributed by atoms with E-state index in [9.17, 15) is 14.9 Å². The number of ether oxygens (including phenoxy) is 1. The van der Waals surface area contributed by atoms with Crippen LogP contribution < -0.4 is 10.2 Å². The van der Waals surface area contributed by atoms with Gasteiger partial charge in [-0.3, -0.25) is 10.1 Å². The minimum Gasteiger partial charge on any atom is -0.444 e. The van der Waals surface area contributed by atoms with Gasteiger partial charge in [0.1, 0.15) is 17.6 Å². The normalized spacial score (nSPS) is 18.1. The van der Waals surface area contributed by atoms with Crippen molar-refractivity contribution in [1.29, 1.82) is 0 Å². The molecule has 8 nitrogen and oxygen atoms in total. The maximum atomic E-state index is 11.8. The largest absolute Gasteiger partial charge is 0.444 e. The van der Waals surface area contributed by atoms with Crippen molar-refractivity contribution in [2.45, 2.75) is 51.7 Å². The van der Waals surface area contributed by atoms with Crippen molar-refractivity contribution in [2.75, 3.05) is 18.0 Å². The first-order valence-electron chi connectivity index (χ1n) is 8.10. The number of anilines is 1. The van der Waals surface area contributed by atoms with Gasteiger partial charge in [-0.2, -0.15) is 0 Å². The van der Waals surface area contributed by atoms with E-state index < -0.39 is 16.6 Å². The molecule has 8 heteroatoms. The fourth-order valence-electron chi connectivity index (χ4n) is 2.69. The molecule has 132 valence electrons. The topological polar surface area (TPSA) is 97.6 Å². The Morgan fingerprint density at radius 2 is 2.21 bits per heavy atom. The number of carbonyl (C=O) groups excluding carboxylic acids is 1. The summed E-state index contributed by atoms with van der Waals surface area (Å²) in [7, 11) is 0. The standard InChI is InChI=1S/C16H24N4O4/c1-16(2,3)24-15(21)18-10-12-6-4-5-9-19(12)14-8-7-13(11-17-14)20(22)23/h7-8,11-12H,4-6,9-10H2,1-3H3,(H,18,21). The number of hydrogen-bond acceptors (Lipinski definition) is 6. The molecule has 1 aliphatic heterocycles. The summed E-state index contributed by atoms with van der Waals surface area (Å²) in [5.41, 5.74) is -0.560. The lowest BCUT2D eigenvalue weighted by molar-refractivity contribution is -0.385. The van der Waals surface area contributed by atoms with Crippen molar-refractivity contribution in [3.8, 4) is 0 Å². The van der Waals surface area contributed by atoms with Crippen LogP contribution in [-0.4, -0.2) is 40.7 Å². The van der Waals surface area contributed by atoms with Crippen molar-refractivity contribution in [3.05, 3.63) is 28.4 Å². The van der Waals surface area contributed by atoms with Crippen LogP contribution in [0.1, 0.15) is 40.0 Å². The summed E-state index contributed by atoms with van der Waals surface area (Å²) in [6.07, 6.45) is 3.85. The number of rotatable bonds is 4. The lowest BCUT2D eigenvalue weighted by atomic mass is 10.0. The summed E-state index contributed by atoms with van der Waals surface area (Å²) in [6.45, 7) is 6.72. The molecule has 0 radical (unpaired) electrons. The number of nitrogens with zero attached hydrogens (tertiary/aromatic N) is 3. The predicted octanol–water partition coefficient (Wildman–Crippen LogP) is 2.87. The highest BCUT2D eigenvalue weighted by Gasteiger charge is 2.25. The molecule has 1 N–H and O–H groups in total. The van der Waals surface area contributed by atoms with E-state index in [1.807, 2.05) is 20.8 Å². The third-order valence-electron chi connectivity index (χ3n) is 3.75. The second-order valence-electron chi connectivity index (χ2n) is 6.86. The summed E-state index contributed by atoms with van der Waals surface area (Å²) in [4.78, 5) is 28.4. The number of amides is 1. The predicted molar refractivity (Wildman–Crippen MR) is 90.1 cm³/mol. The molecule has 1 aromatic rings. The van der Waals surface area contributed by atoms with E-state index in [1.165, 1.54) is 12.3 Å². The molecule has 1 atom stereocenters. The maximum Gasteiger partial charge on any atom is 0.407 e. The van der Waals surface area contributed by atoms with E-state index in [1.54, 1.807) is 6.07 Å². The molecule has 0 aliphatic carbocycles. The molecule has 1 fully saturated rings. The average Bonchev–Trinajstić information content (AvgIpc) is 2.52. The van der Waals surface area contributed by atoms with Crippen LogP contribution in [0.4, 0.5) is 16.3 Å². The first-order chi connectivity index (χ1) is 11.3. The van der Waals surface area contributed by atoms with Crippen molar-refractivity contribution in [1.82, 2.24) is 10.3 Å². The summed E-state index contributed by atoms with van der Waals surface area (Å²) in [5, 5.41) is 13.5. The van der Waals surface area contributed by atoms with Gasteiger partial charge in [-0.25, -0.2) is 9.78 Å². The number of carbonyl (C=O) groups is 1. The average molecular weight is 336 g/mol. The zero-order valence-electron chi connectivity index (χ0n) is 14.3. The van der Waals surface area contributed by atoms with Crippen LogP contribution in [0.5, 0.6) is 0 Å². The van der Waals surface area contributed by atoms with Crippen molar-refractivity contribution < 1.29 is 14.5 Å². The van der Waals surface area contributed by atoms with E-state index in [-0.39, 0.29) is 11.7 Å². The number of pyridine rings is 1. The van der Waals surface area contributed by atoms with Crippen molar-refractivity contribution in [2.24, 2.45) is 0 Å². The second-order valence-corrected chi connectivity index (χ2v) is 6.86. The smallest absolute Gasteiger partial charge is 0.407 e. The Kier molecular flexibility index (Phi) is 5.58. The number of nitrogens with one attached hydrogen (secondary N) is 1. The van der Waals surface area contributed by atoms with Gasteiger partial charge in [0.2, 0.25) is 0 Å². The summed E-state index contributed by atoms with van der Waals surface area (Å²) < 4.78 is 5.25. The molecule has 1 aromatic heterocycles. The molecular formula is C16H24N4O4. The van der Waals surface area contributed by atoms with Crippen molar-refractivity contribution in [3.63, 3.8) is 0 Å². The third-order valence-corrected chi connectivity index (χ3v) is 3.75. The van der Waals surface area contributed by atoms with Crippen molar-refractivity contribution >= 4 is 17.6 Å². The lowest BCUT2D eigenvalue weighted by Crippen LogP contribution is -2.48. The molecule has 2 heterocycles. The minimum atomic E-state index is -0.531. The Bertz CT molecular complexity index is 583. The zero-order chi connectivity index (χ0) is 17.7. The highest BCUT2D eigenvalue weighted by atomic mass is 16.6. The lowest BCUT2D eigenvalue weighted by Gasteiger charge is -2.36. The number of nitro groups is 1. The third kappa shape index (κ3) is 5.07. The highest BCUT2D eigenvalue weighted by Crippen LogP contribution is 2.24. The Balaban J connectivity index is 1.99. The number of alkyl carbamates (subject to hydrolysis) is 1. The van der Waals surface area contributed by atoms with Crippen LogP contribution in [0.25, 0.3) is 0 Å². The Labute approximate surface area is 141 Å². The van der Waals surface area contributed by atoms with Gasteiger partial charge in [-0.15, -0.1) is 0 Å². The van der Waals surface area contributed by atoms with E-state index in [4.69, 9.17) is 4.74 Å². The number of hydrogen-bond donors (Lipinski definition) is 1. The molecule has 1 unspecified atom stereocenters. The molecule has 0 spiro atoms. The van der Waals surface area contributed by atoms with E-state index in [0.29, 0.717) is 12.4 Å². The van der Waals surface area contributed by atoms with E-state index in [2.05, 4.69) is 15.2 Å². The van der Waals surface area contributed by atoms with Crippen LogP contribution in [0, 0.1) is 10.1 Å². The van der Waals surface area contributed by atoms with Crippen LogP contribution in [-0.2, 0) is 4.74 Å². The van der Waals surface area contributed by atoms with Gasteiger partial charge in [0.15, 0.2) is 0 Å². The summed E-state index contributed by atoms with van der Waals surface area (Å²) >= 11 is 0. The maximum absolute atomic E-state index is 11.8. The quantitative estimate of drug-likeness (QED) is 0.670. The van der Waals surface area contributed by atoms with Gasteiger partial charge in [-0.05, 0) is 46.1 Å². The molecule has 0 bridgehead atoms. The van der Waals surface area contributed by atoms with E-state index in [0.717, 1.165) is 25.8 Å². The Hall–Kier alpha value is -2.38. The molecule has 1 amide bonds. The number of piperidine rings is 1. The molecular weight excluding hydrogens is 312 g/mol. The zero-order valence-corrected chi connectivity index (χ0v) is 14.3. The van der Waals surface area contributed by atoms with Gasteiger partial charge >= 0.3 is 6.09 Å². The minimum absolute atomic E-state index is 0.0285. The fourth-order valence-corrected chi connectivity index (χ4v) is 2.69. The van der Waals surface area contributed by atoms with Gasteiger partial charge in [-0.1, -0.05) is 0 Å². The number of aromatic nitrogens is 1. The molecule has 0 saturated carbocycles. The summed E-state index contributed by atoms with van der Waals surface area (Å²) in [5.74, 6) is 0.691. The van der Waals surface area contributed by atoms with Crippen LogP contribution in [0.3, 0.4) is 0 Å². The molecule has 0 aromatic carbocycles. The first-order valence-corrected chi connectivity index (χ1v) is 8.10. The van der Waals surface area contributed by atoms with Gasteiger partial charge in [0, 0.05) is 25.2 Å². The Morgan fingerprint density at radius 3 is 2.79 bits per heavy atom. The van der Waals surface area contributed by atoms with E-state index >= 15 is 0 Å². The monoisotopic (exact) mass is 336 g/mol. The highest BCUT2D eigenvalue weighted by molar-refractivity contribution is 5.67. The van der Waals surface area contributed by atoms with Gasteiger partial charge in [0.05, 0.1) is 4.92 Å². The SMILES string of the molecule is CC(C)(C)OC(=O)NCC1CCCCN1c1ccc([N+](=O)[O-])cn1. The first kappa shape index (κ1) is 18.0. The molecule has 1 aliphatic rings. The molecule has 2 rings (SSSR count). The van der Waals surface area contributed by atoms with Crippen LogP contribution in [0.15, 0.2) is 18.3 Å². The molecule has 1 saturated heterocycles. The second kappa shape index (κ2) is 7.46.